The molecule has 2 N–H and O–H groups in total. The fourth-order valence-corrected chi connectivity index (χ4v) is 1.04. The Morgan fingerprint density at radius 3 is 2.62 bits per heavy atom. The maximum Gasteiger partial charge on any atom is 0.261 e. The molecule has 5 nitrogen and oxygen atoms in total. The number of fused-ring (bicyclic) bond motifs is 1. The van der Waals surface area contributed by atoms with Crippen LogP contribution in [0.5, 0.6) is 0 Å². The van der Waals surface area contributed by atoms with E-state index in [-0.39, 0.29) is 0 Å². The predicted octanol–water partition coefficient (Wildman–Crippen LogP) is 1.62. The van der Waals surface area contributed by atoms with Crippen molar-refractivity contribution in [1.29, 1.82) is 0 Å². The summed E-state index contributed by atoms with van der Waals surface area (Å²) in [6.45, 7) is 0. The van der Waals surface area contributed by atoms with E-state index in [4.69, 9.17) is 4.55 Å². The van der Waals surface area contributed by atoms with E-state index in [1.807, 2.05) is 36.4 Å². The maximum absolute atomic E-state index is 9.19. The van der Waals surface area contributed by atoms with Crippen molar-refractivity contribution in [2.45, 2.75) is 0 Å². The highest BCUT2D eigenvalue weighted by atomic mass is 32.2. The fraction of sp³-hybridized carbons (Fsp3) is 0.100. The van der Waals surface area contributed by atoms with Gasteiger partial charge in [-0.15, -0.1) is 0 Å². The number of para-hydroxylation sites is 1. The molecule has 0 fully saturated rings. The van der Waals surface area contributed by atoms with Crippen molar-refractivity contribution in [2.75, 3.05) is 11.7 Å². The average molecular weight is 240 g/mol. The minimum atomic E-state index is -3.67. The van der Waals surface area contributed by atoms with Crippen LogP contribution in [-0.2, 0) is 10.1 Å². The summed E-state index contributed by atoms with van der Waals surface area (Å²) in [5.41, 5.74) is 5.16. The van der Waals surface area contributed by atoms with Crippen molar-refractivity contribution in [3.63, 3.8) is 0 Å². The van der Waals surface area contributed by atoms with Crippen LogP contribution in [0.4, 0.5) is 5.69 Å². The smallest absolute Gasteiger partial charge is 0.261 e. The van der Waals surface area contributed by atoms with E-state index in [2.05, 4.69) is 10.5 Å². The van der Waals surface area contributed by atoms with Crippen LogP contribution in [0.15, 0.2) is 35.4 Å². The largest absolute Gasteiger partial charge is 0.286 e. The SMILES string of the molecule is C1=Cc2ccccc2NN=C1.CS(=O)(=O)O. The number of nitrogens with zero attached hydrogens (tertiary/aromatic N) is 1. The number of hydrogen-bond acceptors (Lipinski definition) is 4. The standard InChI is InChI=1S/C9H8N2.CH4O3S/c1-2-6-9-8(4-1)5-3-7-10-11-9;1-5(2,3)4/h1-7,11H;1H3,(H,2,3,4). The van der Waals surface area contributed by atoms with Gasteiger partial charge >= 0.3 is 0 Å². The third-order valence-corrected chi connectivity index (χ3v) is 1.58. The van der Waals surface area contributed by atoms with Crippen LogP contribution in [-0.4, -0.2) is 25.4 Å². The Morgan fingerprint density at radius 1 is 1.31 bits per heavy atom. The molecular formula is C10H12N2O3S. The topological polar surface area (TPSA) is 78.8 Å². The number of hydrazone groups is 1. The van der Waals surface area contributed by atoms with E-state index >= 15 is 0 Å². The van der Waals surface area contributed by atoms with Crippen molar-refractivity contribution in [2.24, 2.45) is 5.10 Å². The normalized spacial score (nSPS) is 12.9. The monoisotopic (exact) mass is 240 g/mol. The molecule has 0 aliphatic carbocycles. The highest BCUT2D eigenvalue weighted by Gasteiger charge is 1.96. The van der Waals surface area contributed by atoms with Crippen LogP contribution in [0.1, 0.15) is 5.56 Å². The van der Waals surface area contributed by atoms with Gasteiger partial charge in [0, 0.05) is 6.21 Å². The molecule has 0 bridgehead atoms. The van der Waals surface area contributed by atoms with Crippen molar-refractivity contribution < 1.29 is 13.0 Å². The van der Waals surface area contributed by atoms with Crippen molar-refractivity contribution in [3.05, 3.63) is 35.9 Å². The van der Waals surface area contributed by atoms with Crippen LogP contribution in [0.25, 0.3) is 6.08 Å². The first-order chi connectivity index (χ1) is 7.47. The summed E-state index contributed by atoms with van der Waals surface area (Å²) in [6, 6.07) is 8.05. The molecule has 0 spiro atoms. The zero-order valence-electron chi connectivity index (χ0n) is 8.66. The van der Waals surface area contributed by atoms with E-state index in [0.717, 1.165) is 5.69 Å². The van der Waals surface area contributed by atoms with Gasteiger partial charge in [-0.2, -0.15) is 13.5 Å². The lowest BCUT2D eigenvalue weighted by Crippen LogP contribution is -1.88. The molecule has 0 amide bonds. The molecule has 1 aromatic rings. The summed E-state index contributed by atoms with van der Waals surface area (Å²) < 4.78 is 25.9. The summed E-state index contributed by atoms with van der Waals surface area (Å²) in [4.78, 5) is 0. The summed E-state index contributed by atoms with van der Waals surface area (Å²) >= 11 is 0. The van der Waals surface area contributed by atoms with Crippen molar-refractivity contribution in [1.82, 2.24) is 0 Å². The second-order valence-electron chi connectivity index (χ2n) is 3.07. The third kappa shape index (κ3) is 5.28. The Morgan fingerprint density at radius 2 is 1.94 bits per heavy atom. The second kappa shape index (κ2) is 5.43. The lowest BCUT2D eigenvalue weighted by atomic mass is 10.2. The van der Waals surface area contributed by atoms with E-state index in [0.29, 0.717) is 6.26 Å². The molecule has 1 aliphatic heterocycles. The Bertz CT molecular complexity index is 499. The maximum atomic E-state index is 9.19. The summed E-state index contributed by atoms with van der Waals surface area (Å²) in [5.74, 6) is 0. The number of nitrogens with one attached hydrogen (secondary N) is 1. The van der Waals surface area contributed by atoms with Gasteiger partial charge in [0.25, 0.3) is 10.1 Å². The minimum absolute atomic E-state index is 0.715. The molecule has 1 aromatic carbocycles. The minimum Gasteiger partial charge on any atom is -0.286 e. The Labute approximate surface area is 94.2 Å². The first kappa shape index (κ1) is 12.4. The van der Waals surface area contributed by atoms with Gasteiger partial charge < -0.3 is 0 Å². The van der Waals surface area contributed by atoms with E-state index in [1.165, 1.54) is 5.56 Å². The zero-order chi connectivity index (χ0) is 12.0. The fourth-order valence-electron chi connectivity index (χ4n) is 1.04. The number of allylic oxidation sites excluding steroid dienone is 1. The van der Waals surface area contributed by atoms with Crippen LogP contribution < -0.4 is 5.43 Å². The Balaban J connectivity index is 0.000000221. The molecular weight excluding hydrogens is 228 g/mol. The zero-order valence-corrected chi connectivity index (χ0v) is 9.48. The van der Waals surface area contributed by atoms with Gasteiger partial charge in [-0.1, -0.05) is 24.3 Å². The lowest BCUT2D eigenvalue weighted by Gasteiger charge is -2.00. The summed E-state index contributed by atoms with van der Waals surface area (Å²) in [6.07, 6.45) is 6.39. The van der Waals surface area contributed by atoms with Crippen LogP contribution in [0.3, 0.4) is 0 Å². The van der Waals surface area contributed by atoms with Crippen LogP contribution in [0.2, 0.25) is 0 Å². The molecule has 1 heterocycles. The van der Waals surface area contributed by atoms with E-state index in [9.17, 15) is 8.42 Å². The number of benzene rings is 1. The van der Waals surface area contributed by atoms with Gasteiger partial charge in [-0.3, -0.25) is 9.98 Å². The van der Waals surface area contributed by atoms with Crippen molar-refractivity contribution >= 4 is 28.1 Å². The quantitative estimate of drug-likeness (QED) is 0.675. The van der Waals surface area contributed by atoms with E-state index < -0.39 is 10.1 Å². The average Bonchev–Trinajstić information content (AvgIpc) is 2.39. The van der Waals surface area contributed by atoms with Crippen LogP contribution >= 0.6 is 0 Å². The molecule has 0 atom stereocenters. The van der Waals surface area contributed by atoms with Crippen LogP contribution in [0, 0.1) is 0 Å². The molecule has 86 valence electrons. The van der Waals surface area contributed by atoms with Gasteiger partial charge in [-0.25, -0.2) is 0 Å². The first-order valence-electron chi connectivity index (χ1n) is 4.44. The highest BCUT2D eigenvalue weighted by Crippen LogP contribution is 2.17. The number of anilines is 1. The molecule has 0 saturated carbocycles. The molecule has 6 heteroatoms. The predicted molar refractivity (Wildman–Crippen MR) is 65.1 cm³/mol. The van der Waals surface area contributed by atoms with Gasteiger partial charge in [0.2, 0.25) is 0 Å². The Hall–Kier alpha value is -1.66. The van der Waals surface area contributed by atoms with Gasteiger partial charge in [0.15, 0.2) is 0 Å². The molecule has 2 rings (SSSR count). The molecule has 16 heavy (non-hydrogen) atoms. The molecule has 1 aliphatic rings. The summed E-state index contributed by atoms with van der Waals surface area (Å²) in [7, 11) is -3.67. The van der Waals surface area contributed by atoms with Gasteiger partial charge in [0.05, 0.1) is 11.9 Å². The van der Waals surface area contributed by atoms with E-state index in [1.54, 1.807) is 6.21 Å². The number of hydrogen-bond donors (Lipinski definition) is 2. The second-order valence-corrected chi connectivity index (χ2v) is 4.54. The molecule has 0 aromatic heterocycles. The summed E-state index contributed by atoms with van der Waals surface area (Å²) in [5, 5.41) is 3.95. The number of rotatable bonds is 0. The van der Waals surface area contributed by atoms with Gasteiger partial charge in [0.1, 0.15) is 0 Å². The molecule has 0 unspecified atom stereocenters. The van der Waals surface area contributed by atoms with Gasteiger partial charge in [-0.05, 0) is 17.7 Å². The molecule has 0 saturated heterocycles. The van der Waals surface area contributed by atoms with Crippen molar-refractivity contribution in [3.8, 4) is 0 Å². The highest BCUT2D eigenvalue weighted by molar-refractivity contribution is 7.85. The first-order valence-corrected chi connectivity index (χ1v) is 6.29. The third-order valence-electron chi connectivity index (χ3n) is 1.58. The lowest BCUT2D eigenvalue weighted by molar-refractivity contribution is 0.490. The molecule has 0 radical (unpaired) electrons. The Kier molecular flexibility index (Phi) is 4.21.